The fourth-order valence-corrected chi connectivity index (χ4v) is 2.48. The molecule has 0 saturated carbocycles. The normalized spacial score (nSPS) is 10.3. The number of ether oxygens (including phenoxy) is 1. The number of aryl methyl sites for hydroxylation is 1. The SMILES string of the molecule is COc1cc(C)nc(CSc2ccnc(C(=O)O)c2)c1. The Bertz CT molecular complexity index is 632. The molecule has 0 bridgehead atoms. The van der Waals surface area contributed by atoms with Crippen LogP contribution < -0.4 is 4.74 Å². The molecule has 104 valence electrons. The highest BCUT2D eigenvalue weighted by Crippen LogP contribution is 2.24. The smallest absolute Gasteiger partial charge is 0.354 e. The number of hydrogen-bond acceptors (Lipinski definition) is 5. The number of nitrogens with zero attached hydrogens (tertiary/aromatic N) is 2. The fourth-order valence-electron chi connectivity index (χ4n) is 1.67. The number of rotatable bonds is 5. The Morgan fingerprint density at radius 2 is 2.20 bits per heavy atom. The predicted molar refractivity (Wildman–Crippen MR) is 76.3 cm³/mol. The summed E-state index contributed by atoms with van der Waals surface area (Å²) in [5.41, 5.74) is 1.83. The van der Waals surface area contributed by atoms with Crippen molar-refractivity contribution in [3.8, 4) is 5.75 Å². The first-order chi connectivity index (χ1) is 9.58. The van der Waals surface area contributed by atoms with Gasteiger partial charge in [-0.05, 0) is 19.1 Å². The van der Waals surface area contributed by atoms with Gasteiger partial charge in [-0.1, -0.05) is 0 Å². The van der Waals surface area contributed by atoms with Gasteiger partial charge in [0.1, 0.15) is 11.4 Å². The molecule has 2 heterocycles. The molecule has 2 aromatic heterocycles. The second-order valence-electron chi connectivity index (χ2n) is 4.11. The summed E-state index contributed by atoms with van der Waals surface area (Å²) in [6, 6.07) is 7.08. The lowest BCUT2D eigenvalue weighted by Gasteiger charge is -2.06. The molecule has 0 atom stereocenters. The van der Waals surface area contributed by atoms with Crippen LogP contribution in [0.1, 0.15) is 21.9 Å². The van der Waals surface area contributed by atoms with E-state index in [9.17, 15) is 4.79 Å². The van der Waals surface area contributed by atoms with Crippen LogP contribution in [0.5, 0.6) is 5.75 Å². The molecule has 2 rings (SSSR count). The van der Waals surface area contributed by atoms with Crippen LogP contribution in [-0.2, 0) is 5.75 Å². The van der Waals surface area contributed by atoms with Crippen LogP contribution in [0.15, 0.2) is 35.4 Å². The van der Waals surface area contributed by atoms with Gasteiger partial charge in [0.05, 0.1) is 12.8 Å². The van der Waals surface area contributed by atoms with Crippen molar-refractivity contribution in [2.45, 2.75) is 17.6 Å². The molecule has 2 aromatic rings. The average molecular weight is 290 g/mol. The lowest BCUT2D eigenvalue weighted by molar-refractivity contribution is 0.0690. The zero-order chi connectivity index (χ0) is 14.5. The number of thioether (sulfide) groups is 1. The number of carboxylic acids is 1. The van der Waals surface area contributed by atoms with E-state index >= 15 is 0 Å². The largest absolute Gasteiger partial charge is 0.497 e. The van der Waals surface area contributed by atoms with Gasteiger partial charge in [0.25, 0.3) is 0 Å². The third-order valence-corrected chi connectivity index (χ3v) is 3.58. The molecule has 0 aromatic carbocycles. The van der Waals surface area contributed by atoms with Gasteiger partial charge < -0.3 is 9.84 Å². The average Bonchev–Trinajstić information content (AvgIpc) is 2.44. The van der Waals surface area contributed by atoms with Gasteiger partial charge in [-0.2, -0.15) is 0 Å². The topological polar surface area (TPSA) is 72.3 Å². The molecule has 0 saturated heterocycles. The maximum Gasteiger partial charge on any atom is 0.354 e. The minimum atomic E-state index is -1.03. The molecular formula is C14H14N2O3S. The molecule has 0 aliphatic rings. The van der Waals surface area contributed by atoms with Gasteiger partial charge in [0.15, 0.2) is 0 Å². The van der Waals surface area contributed by atoms with E-state index in [2.05, 4.69) is 9.97 Å². The first kappa shape index (κ1) is 14.3. The third-order valence-electron chi connectivity index (χ3n) is 2.55. The van der Waals surface area contributed by atoms with Crippen molar-refractivity contribution in [3.63, 3.8) is 0 Å². The number of carbonyl (C=O) groups is 1. The van der Waals surface area contributed by atoms with Gasteiger partial charge in [-0.15, -0.1) is 11.8 Å². The zero-order valence-electron chi connectivity index (χ0n) is 11.2. The molecule has 0 radical (unpaired) electrons. The monoisotopic (exact) mass is 290 g/mol. The second-order valence-corrected chi connectivity index (χ2v) is 5.16. The summed E-state index contributed by atoms with van der Waals surface area (Å²) < 4.78 is 5.20. The maximum atomic E-state index is 10.9. The molecular weight excluding hydrogens is 276 g/mol. The standard InChI is InChI=1S/C14H14N2O3S/c1-9-5-11(19-2)6-10(16-9)8-20-12-3-4-15-13(7-12)14(17)18/h3-7H,8H2,1-2H3,(H,17,18). The minimum Gasteiger partial charge on any atom is -0.497 e. The first-order valence-electron chi connectivity index (χ1n) is 5.92. The Morgan fingerprint density at radius 1 is 1.40 bits per heavy atom. The van der Waals surface area contributed by atoms with E-state index in [1.165, 1.54) is 18.0 Å². The van der Waals surface area contributed by atoms with Crippen molar-refractivity contribution >= 4 is 17.7 Å². The molecule has 0 amide bonds. The summed E-state index contributed by atoms with van der Waals surface area (Å²) in [7, 11) is 1.62. The minimum absolute atomic E-state index is 0.0461. The number of aromatic carboxylic acids is 1. The summed E-state index contributed by atoms with van der Waals surface area (Å²) in [6.07, 6.45) is 1.50. The van der Waals surface area contributed by atoms with Gasteiger partial charge in [-0.25, -0.2) is 9.78 Å². The summed E-state index contributed by atoms with van der Waals surface area (Å²) >= 11 is 1.51. The number of hydrogen-bond donors (Lipinski definition) is 1. The highest BCUT2D eigenvalue weighted by Gasteiger charge is 2.06. The van der Waals surface area contributed by atoms with E-state index < -0.39 is 5.97 Å². The van der Waals surface area contributed by atoms with E-state index in [1.54, 1.807) is 19.2 Å². The van der Waals surface area contributed by atoms with Crippen LogP contribution in [0.4, 0.5) is 0 Å². The molecule has 6 heteroatoms. The van der Waals surface area contributed by atoms with Crippen molar-refractivity contribution in [1.29, 1.82) is 0 Å². The van der Waals surface area contributed by atoms with Gasteiger partial charge in [0.2, 0.25) is 0 Å². The first-order valence-corrected chi connectivity index (χ1v) is 6.91. The van der Waals surface area contributed by atoms with E-state index in [0.29, 0.717) is 5.75 Å². The molecule has 0 unspecified atom stereocenters. The summed E-state index contributed by atoms with van der Waals surface area (Å²) in [4.78, 5) is 19.9. The van der Waals surface area contributed by atoms with Gasteiger partial charge in [-0.3, -0.25) is 4.98 Å². The Balaban J connectivity index is 2.10. The van der Waals surface area contributed by atoms with Crippen LogP contribution in [-0.4, -0.2) is 28.2 Å². The Kier molecular flexibility index (Phi) is 4.57. The van der Waals surface area contributed by atoms with Crippen LogP contribution >= 0.6 is 11.8 Å². The van der Waals surface area contributed by atoms with E-state index in [0.717, 1.165) is 22.0 Å². The summed E-state index contributed by atoms with van der Waals surface area (Å²) in [5.74, 6) is 0.387. The van der Waals surface area contributed by atoms with Gasteiger partial charge in [0, 0.05) is 34.7 Å². The van der Waals surface area contributed by atoms with E-state index in [4.69, 9.17) is 9.84 Å². The predicted octanol–water partition coefficient (Wildman–Crippen LogP) is 2.78. The molecule has 1 N–H and O–H groups in total. The van der Waals surface area contributed by atoms with E-state index in [1.807, 2.05) is 19.1 Å². The molecule has 0 fully saturated rings. The maximum absolute atomic E-state index is 10.9. The van der Waals surface area contributed by atoms with Crippen LogP contribution in [0, 0.1) is 6.92 Å². The zero-order valence-corrected chi connectivity index (χ0v) is 12.0. The lowest BCUT2D eigenvalue weighted by Crippen LogP contribution is -1.99. The summed E-state index contributed by atoms with van der Waals surface area (Å²) in [5, 5.41) is 8.90. The molecule has 5 nitrogen and oxygen atoms in total. The molecule has 0 aliphatic heterocycles. The quantitative estimate of drug-likeness (QED) is 0.854. The number of carboxylic acid groups (broad SMARTS) is 1. The molecule has 0 spiro atoms. The summed E-state index contributed by atoms with van der Waals surface area (Å²) in [6.45, 7) is 1.91. The van der Waals surface area contributed by atoms with Crippen LogP contribution in [0.2, 0.25) is 0 Å². The Hall–Kier alpha value is -2.08. The third kappa shape index (κ3) is 3.71. The molecule has 0 aliphatic carbocycles. The highest BCUT2D eigenvalue weighted by molar-refractivity contribution is 7.98. The fraction of sp³-hybridized carbons (Fsp3) is 0.214. The van der Waals surface area contributed by atoms with Crippen molar-refractivity contribution in [2.75, 3.05) is 7.11 Å². The van der Waals surface area contributed by atoms with Crippen molar-refractivity contribution in [2.24, 2.45) is 0 Å². The van der Waals surface area contributed by atoms with Crippen molar-refractivity contribution in [1.82, 2.24) is 9.97 Å². The number of pyridine rings is 2. The highest BCUT2D eigenvalue weighted by atomic mass is 32.2. The Labute approximate surface area is 121 Å². The lowest BCUT2D eigenvalue weighted by atomic mass is 10.3. The van der Waals surface area contributed by atoms with Crippen LogP contribution in [0.25, 0.3) is 0 Å². The van der Waals surface area contributed by atoms with Crippen molar-refractivity contribution in [3.05, 3.63) is 47.5 Å². The van der Waals surface area contributed by atoms with Crippen molar-refractivity contribution < 1.29 is 14.6 Å². The van der Waals surface area contributed by atoms with Crippen LogP contribution in [0.3, 0.4) is 0 Å². The molecule has 20 heavy (non-hydrogen) atoms. The van der Waals surface area contributed by atoms with Gasteiger partial charge >= 0.3 is 5.97 Å². The Morgan fingerprint density at radius 3 is 2.90 bits per heavy atom. The van der Waals surface area contributed by atoms with E-state index in [-0.39, 0.29) is 5.69 Å². The number of aromatic nitrogens is 2. The number of methoxy groups -OCH3 is 1. The second kappa shape index (κ2) is 6.38.